The highest BCUT2D eigenvalue weighted by molar-refractivity contribution is 5.72. The first-order chi connectivity index (χ1) is 10.6. The highest BCUT2D eigenvalue weighted by atomic mass is 16.5. The van der Waals surface area contributed by atoms with Crippen LogP contribution in [0.3, 0.4) is 0 Å². The lowest BCUT2D eigenvalue weighted by molar-refractivity contribution is -0.149. The molecule has 0 saturated carbocycles. The molecule has 0 rings (SSSR count). The second-order valence-electron chi connectivity index (χ2n) is 5.93. The standard InChI is InChI=1S/C18H34O4/c1-4-6-8-9-10-15-21-17(19)13-11-14-18(20)22-16(3)12-7-5-2/h16H,4-15H2,1-3H3. The first kappa shape index (κ1) is 20.9. The van der Waals surface area contributed by atoms with Crippen LogP contribution in [0.5, 0.6) is 0 Å². The predicted octanol–water partition coefficient (Wildman–Crippen LogP) is 4.79. The molecular weight excluding hydrogens is 280 g/mol. The van der Waals surface area contributed by atoms with Crippen LogP contribution in [-0.4, -0.2) is 24.6 Å². The molecule has 0 aliphatic rings. The van der Waals surface area contributed by atoms with Gasteiger partial charge >= 0.3 is 11.9 Å². The van der Waals surface area contributed by atoms with E-state index in [4.69, 9.17) is 9.47 Å². The Labute approximate surface area is 135 Å². The van der Waals surface area contributed by atoms with E-state index in [2.05, 4.69) is 13.8 Å². The lowest BCUT2D eigenvalue weighted by Gasteiger charge is -2.12. The molecule has 0 radical (unpaired) electrons. The molecule has 0 saturated heterocycles. The predicted molar refractivity (Wildman–Crippen MR) is 88.6 cm³/mol. The average Bonchev–Trinajstić information content (AvgIpc) is 2.48. The highest BCUT2D eigenvalue weighted by Gasteiger charge is 2.10. The number of hydrogen-bond acceptors (Lipinski definition) is 4. The van der Waals surface area contributed by atoms with Gasteiger partial charge in [0.05, 0.1) is 12.7 Å². The van der Waals surface area contributed by atoms with Crippen LogP contribution >= 0.6 is 0 Å². The van der Waals surface area contributed by atoms with Gasteiger partial charge in [0.1, 0.15) is 0 Å². The lowest BCUT2D eigenvalue weighted by Crippen LogP contribution is -2.15. The fourth-order valence-corrected chi connectivity index (χ4v) is 2.17. The summed E-state index contributed by atoms with van der Waals surface area (Å²) in [6.45, 7) is 6.71. The number of unbranched alkanes of at least 4 members (excludes halogenated alkanes) is 5. The molecule has 0 bridgehead atoms. The van der Waals surface area contributed by atoms with Crippen molar-refractivity contribution in [3.8, 4) is 0 Å². The maximum atomic E-state index is 11.6. The Morgan fingerprint density at radius 3 is 2.14 bits per heavy atom. The molecule has 0 heterocycles. The lowest BCUT2D eigenvalue weighted by atomic mass is 10.2. The molecule has 0 aliphatic carbocycles. The zero-order chi connectivity index (χ0) is 16.6. The van der Waals surface area contributed by atoms with Gasteiger partial charge in [-0.1, -0.05) is 52.4 Å². The SMILES string of the molecule is CCCCCCCOC(=O)CCCC(=O)OC(C)CCCC. The van der Waals surface area contributed by atoms with E-state index >= 15 is 0 Å². The van der Waals surface area contributed by atoms with Gasteiger partial charge in [-0.3, -0.25) is 9.59 Å². The molecule has 0 N–H and O–H groups in total. The number of hydrogen-bond donors (Lipinski definition) is 0. The summed E-state index contributed by atoms with van der Waals surface area (Å²) in [7, 11) is 0. The van der Waals surface area contributed by atoms with Crippen molar-refractivity contribution < 1.29 is 19.1 Å². The first-order valence-electron chi connectivity index (χ1n) is 8.95. The van der Waals surface area contributed by atoms with E-state index in [1.165, 1.54) is 19.3 Å². The van der Waals surface area contributed by atoms with Crippen molar-refractivity contribution in [1.29, 1.82) is 0 Å². The summed E-state index contributed by atoms with van der Waals surface area (Å²) in [5, 5.41) is 0. The first-order valence-corrected chi connectivity index (χ1v) is 8.95. The van der Waals surface area contributed by atoms with Gasteiger partial charge in [-0.15, -0.1) is 0 Å². The maximum absolute atomic E-state index is 11.6. The third-order valence-corrected chi connectivity index (χ3v) is 3.57. The number of carbonyl (C=O) groups is 2. The van der Waals surface area contributed by atoms with Crippen molar-refractivity contribution in [1.82, 2.24) is 0 Å². The van der Waals surface area contributed by atoms with Gasteiger partial charge in [0.25, 0.3) is 0 Å². The molecule has 0 amide bonds. The summed E-state index contributed by atoms with van der Waals surface area (Å²) in [5.41, 5.74) is 0. The van der Waals surface area contributed by atoms with E-state index in [9.17, 15) is 9.59 Å². The quantitative estimate of drug-likeness (QED) is 0.341. The summed E-state index contributed by atoms with van der Waals surface area (Å²) < 4.78 is 10.4. The minimum absolute atomic E-state index is 0.0254. The zero-order valence-corrected chi connectivity index (χ0v) is 14.7. The Hall–Kier alpha value is -1.06. The number of rotatable bonds is 14. The van der Waals surface area contributed by atoms with E-state index in [0.29, 0.717) is 25.9 Å². The third kappa shape index (κ3) is 13.9. The Balaban J connectivity index is 3.48. The van der Waals surface area contributed by atoms with Gasteiger partial charge in [0.15, 0.2) is 0 Å². The van der Waals surface area contributed by atoms with Crippen LogP contribution in [0.15, 0.2) is 0 Å². The Kier molecular flexibility index (Phi) is 14.1. The van der Waals surface area contributed by atoms with E-state index < -0.39 is 0 Å². The summed E-state index contributed by atoms with van der Waals surface area (Å²) in [6.07, 6.45) is 9.86. The molecule has 0 fully saturated rings. The van der Waals surface area contributed by atoms with E-state index in [1.54, 1.807) is 0 Å². The summed E-state index contributed by atoms with van der Waals surface area (Å²) in [4.78, 5) is 23.1. The molecule has 0 spiro atoms. The average molecular weight is 314 g/mol. The molecule has 1 atom stereocenters. The number of esters is 2. The molecule has 0 aromatic carbocycles. The largest absolute Gasteiger partial charge is 0.466 e. The normalized spacial score (nSPS) is 12.0. The van der Waals surface area contributed by atoms with Crippen LogP contribution in [0.4, 0.5) is 0 Å². The Morgan fingerprint density at radius 1 is 0.818 bits per heavy atom. The van der Waals surface area contributed by atoms with Gasteiger partial charge in [-0.2, -0.15) is 0 Å². The van der Waals surface area contributed by atoms with Gasteiger partial charge in [0.2, 0.25) is 0 Å². The van der Waals surface area contributed by atoms with Crippen molar-refractivity contribution in [3.05, 3.63) is 0 Å². The van der Waals surface area contributed by atoms with E-state index in [0.717, 1.165) is 32.1 Å². The second kappa shape index (κ2) is 14.9. The van der Waals surface area contributed by atoms with Crippen molar-refractivity contribution in [3.63, 3.8) is 0 Å². The molecule has 0 aliphatic heterocycles. The fourth-order valence-electron chi connectivity index (χ4n) is 2.17. The molecular formula is C18H34O4. The fraction of sp³-hybridized carbons (Fsp3) is 0.889. The van der Waals surface area contributed by atoms with Gasteiger partial charge in [-0.05, 0) is 26.2 Å². The van der Waals surface area contributed by atoms with Crippen molar-refractivity contribution >= 4 is 11.9 Å². The molecule has 0 aromatic rings. The van der Waals surface area contributed by atoms with Crippen molar-refractivity contribution in [2.45, 2.75) is 97.5 Å². The van der Waals surface area contributed by atoms with Gasteiger partial charge in [-0.25, -0.2) is 0 Å². The summed E-state index contributed by atoms with van der Waals surface area (Å²) in [5.74, 6) is -0.418. The Bertz CT molecular complexity index is 289. The van der Waals surface area contributed by atoms with Crippen LogP contribution in [0.25, 0.3) is 0 Å². The molecule has 130 valence electrons. The van der Waals surface area contributed by atoms with Crippen molar-refractivity contribution in [2.24, 2.45) is 0 Å². The van der Waals surface area contributed by atoms with Crippen LogP contribution in [0.2, 0.25) is 0 Å². The van der Waals surface area contributed by atoms with Crippen LogP contribution < -0.4 is 0 Å². The smallest absolute Gasteiger partial charge is 0.306 e. The van der Waals surface area contributed by atoms with Crippen LogP contribution in [0.1, 0.15) is 91.4 Å². The maximum Gasteiger partial charge on any atom is 0.306 e. The minimum Gasteiger partial charge on any atom is -0.466 e. The summed E-state index contributed by atoms with van der Waals surface area (Å²) >= 11 is 0. The third-order valence-electron chi connectivity index (χ3n) is 3.57. The zero-order valence-electron chi connectivity index (χ0n) is 14.7. The van der Waals surface area contributed by atoms with Crippen molar-refractivity contribution in [2.75, 3.05) is 6.61 Å². The molecule has 4 heteroatoms. The molecule has 0 aromatic heterocycles. The van der Waals surface area contributed by atoms with Crippen LogP contribution in [-0.2, 0) is 19.1 Å². The van der Waals surface area contributed by atoms with Crippen LogP contribution in [0, 0.1) is 0 Å². The van der Waals surface area contributed by atoms with E-state index in [1.807, 2.05) is 6.92 Å². The molecule has 22 heavy (non-hydrogen) atoms. The minimum atomic E-state index is -0.212. The number of carbonyl (C=O) groups excluding carboxylic acids is 2. The highest BCUT2D eigenvalue weighted by Crippen LogP contribution is 2.08. The van der Waals surface area contributed by atoms with E-state index in [-0.39, 0.29) is 18.0 Å². The number of ether oxygens (including phenoxy) is 2. The molecule has 1 unspecified atom stereocenters. The van der Waals surface area contributed by atoms with Gasteiger partial charge < -0.3 is 9.47 Å². The Morgan fingerprint density at radius 2 is 1.45 bits per heavy atom. The second-order valence-corrected chi connectivity index (χ2v) is 5.93. The van der Waals surface area contributed by atoms with Gasteiger partial charge in [0, 0.05) is 12.8 Å². The topological polar surface area (TPSA) is 52.6 Å². The summed E-state index contributed by atoms with van der Waals surface area (Å²) in [6, 6.07) is 0. The molecule has 4 nitrogen and oxygen atoms in total. The monoisotopic (exact) mass is 314 g/mol.